The van der Waals surface area contributed by atoms with Gasteiger partial charge in [-0.15, -0.1) is 0 Å². The Morgan fingerprint density at radius 1 is 1.50 bits per heavy atom. The molecule has 1 aromatic carbocycles. The lowest BCUT2D eigenvalue weighted by Gasteiger charge is -2.33. The molecule has 0 radical (unpaired) electrons. The van der Waals surface area contributed by atoms with E-state index >= 15 is 0 Å². The quantitative estimate of drug-likeness (QED) is 0.875. The van der Waals surface area contributed by atoms with Crippen LogP contribution in [-0.4, -0.2) is 31.9 Å². The van der Waals surface area contributed by atoms with Crippen LogP contribution >= 0.6 is 27.5 Å². The molecule has 0 aliphatic carbocycles. The predicted molar refractivity (Wildman–Crippen MR) is 84.3 cm³/mol. The Morgan fingerprint density at radius 3 is 2.80 bits per heavy atom. The summed E-state index contributed by atoms with van der Waals surface area (Å²) >= 11 is 9.14. The zero-order valence-electron chi connectivity index (χ0n) is 11.2. The van der Waals surface area contributed by atoms with Crippen molar-refractivity contribution < 1.29 is 8.42 Å². The number of benzene rings is 1. The molecule has 2 unspecified atom stereocenters. The minimum atomic E-state index is -3.50. The number of rotatable bonds is 3. The van der Waals surface area contributed by atoms with E-state index in [1.165, 1.54) is 10.4 Å². The summed E-state index contributed by atoms with van der Waals surface area (Å²) in [6.45, 7) is 2.95. The van der Waals surface area contributed by atoms with Crippen LogP contribution in [0.15, 0.2) is 27.6 Å². The molecule has 1 aliphatic heterocycles. The van der Waals surface area contributed by atoms with E-state index in [1.807, 2.05) is 6.92 Å². The van der Waals surface area contributed by atoms with Crippen LogP contribution in [0.4, 0.5) is 0 Å². The maximum atomic E-state index is 12.7. The fraction of sp³-hybridized carbons (Fsp3) is 0.538. The Balaban J connectivity index is 2.30. The lowest BCUT2D eigenvalue weighted by molar-refractivity contribution is 0.243. The van der Waals surface area contributed by atoms with Gasteiger partial charge >= 0.3 is 0 Å². The Kier molecular flexibility index (Phi) is 5.13. The van der Waals surface area contributed by atoms with E-state index in [-0.39, 0.29) is 16.9 Å². The number of piperidine rings is 1. The summed E-state index contributed by atoms with van der Waals surface area (Å²) in [6.07, 6.45) is 1.82. The highest BCUT2D eigenvalue weighted by Gasteiger charge is 2.32. The Bertz CT molecular complexity index is 592. The SMILES string of the molecule is CC(N)C1CCCN(S(=O)(=O)c2ccc(Cl)cc2Br)C1. The number of sulfonamides is 1. The molecule has 2 N–H and O–H groups in total. The second-order valence-electron chi connectivity index (χ2n) is 5.20. The van der Waals surface area contributed by atoms with Gasteiger partial charge in [-0.1, -0.05) is 11.6 Å². The topological polar surface area (TPSA) is 63.4 Å². The fourth-order valence-electron chi connectivity index (χ4n) is 2.44. The highest BCUT2D eigenvalue weighted by molar-refractivity contribution is 9.10. The van der Waals surface area contributed by atoms with Crippen LogP contribution in [0.25, 0.3) is 0 Å². The zero-order chi connectivity index (χ0) is 14.9. The molecular weight excluding hydrogens is 364 g/mol. The molecule has 0 aromatic heterocycles. The molecule has 0 spiro atoms. The van der Waals surface area contributed by atoms with Crippen LogP contribution in [-0.2, 0) is 10.0 Å². The molecule has 0 saturated carbocycles. The molecule has 1 aliphatic rings. The van der Waals surface area contributed by atoms with E-state index in [4.69, 9.17) is 17.3 Å². The fourth-order valence-corrected chi connectivity index (χ4v) is 5.32. The summed E-state index contributed by atoms with van der Waals surface area (Å²) in [5, 5.41) is 0.503. The van der Waals surface area contributed by atoms with Gasteiger partial charge in [-0.2, -0.15) is 4.31 Å². The van der Waals surface area contributed by atoms with Gasteiger partial charge < -0.3 is 5.73 Å². The van der Waals surface area contributed by atoms with E-state index < -0.39 is 10.0 Å². The maximum Gasteiger partial charge on any atom is 0.244 e. The van der Waals surface area contributed by atoms with Gasteiger partial charge in [-0.25, -0.2) is 8.42 Å². The third-order valence-electron chi connectivity index (χ3n) is 3.68. The summed E-state index contributed by atoms with van der Waals surface area (Å²) in [5.41, 5.74) is 5.91. The van der Waals surface area contributed by atoms with Gasteiger partial charge in [0.05, 0.1) is 4.90 Å². The average Bonchev–Trinajstić information content (AvgIpc) is 2.38. The van der Waals surface area contributed by atoms with Crippen LogP contribution in [0.1, 0.15) is 19.8 Å². The molecular formula is C13H18BrClN2O2S. The minimum absolute atomic E-state index is 0.00154. The number of nitrogens with two attached hydrogens (primary N) is 1. The molecule has 0 amide bonds. The van der Waals surface area contributed by atoms with E-state index in [2.05, 4.69) is 15.9 Å². The monoisotopic (exact) mass is 380 g/mol. The summed E-state index contributed by atoms with van der Waals surface area (Å²) < 4.78 is 27.4. The van der Waals surface area contributed by atoms with Crippen LogP contribution in [0.5, 0.6) is 0 Å². The van der Waals surface area contributed by atoms with Crippen LogP contribution in [0.2, 0.25) is 5.02 Å². The number of halogens is 2. The normalized spacial score (nSPS) is 22.7. The molecule has 0 bridgehead atoms. The molecule has 1 heterocycles. The van der Waals surface area contributed by atoms with Gasteiger partial charge in [0.15, 0.2) is 0 Å². The van der Waals surface area contributed by atoms with Gasteiger partial charge in [0.25, 0.3) is 0 Å². The molecule has 4 nitrogen and oxygen atoms in total. The molecule has 1 fully saturated rings. The number of nitrogens with zero attached hydrogens (tertiary/aromatic N) is 1. The standard InChI is InChI=1S/C13H18BrClN2O2S/c1-9(16)10-3-2-6-17(8-10)20(18,19)13-5-4-11(15)7-12(13)14/h4-5,7,9-10H,2-3,6,8,16H2,1H3. The van der Waals surface area contributed by atoms with E-state index in [9.17, 15) is 8.42 Å². The van der Waals surface area contributed by atoms with Crippen molar-refractivity contribution in [2.75, 3.05) is 13.1 Å². The molecule has 1 saturated heterocycles. The lowest BCUT2D eigenvalue weighted by atomic mass is 9.93. The van der Waals surface area contributed by atoms with Gasteiger partial charge in [0, 0.05) is 28.6 Å². The Hall–Kier alpha value is -0.140. The van der Waals surface area contributed by atoms with Gasteiger partial charge in [-0.3, -0.25) is 0 Å². The maximum absolute atomic E-state index is 12.7. The van der Waals surface area contributed by atoms with E-state index in [1.54, 1.807) is 12.1 Å². The summed E-state index contributed by atoms with van der Waals surface area (Å²) in [5.74, 6) is 0.213. The highest BCUT2D eigenvalue weighted by Crippen LogP contribution is 2.30. The van der Waals surface area contributed by atoms with Crippen molar-refractivity contribution in [3.8, 4) is 0 Å². The molecule has 2 rings (SSSR count). The molecule has 2 atom stereocenters. The Morgan fingerprint density at radius 2 is 2.20 bits per heavy atom. The van der Waals surface area contributed by atoms with Crippen molar-refractivity contribution in [3.05, 3.63) is 27.7 Å². The second kappa shape index (κ2) is 6.32. The Labute approximate surface area is 133 Å². The first kappa shape index (κ1) is 16.2. The molecule has 1 aromatic rings. The van der Waals surface area contributed by atoms with Crippen molar-refractivity contribution >= 4 is 37.6 Å². The second-order valence-corrected chi connectivity index (χ2v) is 8.40. The first-order valence-electron chi connectivity index (χ1n) is 6.53. The summed E-state index contributed by atoms with van der Waals surface area (Å²) in [7, 11) is -3.50. The molecule has 7 heteroatoms. The van der Waals surface area contributed by atoms with Crippen LogP contribution in [0.3, 0.4) is 0 Å². The number of hydrogen-bond donors (Lipinski definition) is 1. The van der Waals surface area contributed by atoms with Crippen LogP contribution < -0.4 is 5.73 Å². The minimum Gasteiger partial charge on any atom is -0.328 e. The van der Waals surface area contributed by atoms with E-state index in [0.29, 0.717) is 22.6 Å². The van der Waals surface area contributed by atoms with Crippen molar-refractivity contribution in [3.63, 3.8) is 0 Å². The van der Waals surface area contributed by atoms with Crippen molar-refractivity contribution in [2.45, 2.75) is 30.7 Å². The van der Waals surface area contributed by atoms with Gasteiger partial charge in [0.2, 0.25) is 10.0 Å². The summed E-state index contributed by atoms with van der Waals surface area (Å²) in [6, 6.07) is 4.73. The van der Waals surface area contributed by atoms with Gasteiger partial charge in [0.1, 0.15) is 0 Å². The van der Waals surface area contributed by atoms with Crippen molar-refractivity contribution in [2.24, 2.45) is 11.7 Å². The van der Waals surface area contributed by atoms with Crippen molar-refractivity contribution in [1.82, 2.24) is 4.31 Å². The number of hydrogen-bond acceptors (Lipinski definition) is 3. The third kappa shape index (κ3) is 3.36. The lowest BCUT2D eigenvalue weighted by Crippen LogP contribution is -2.45. The molecule has 112 valence electrons. The third-order valence-corrected chi connectivity index (χ3v) is 6.75. The average molecular weight is 382 g/mol. The van der Waals surface area contributed by atoms with Crippen LogP contribution in [0, 0.1) is 5.92 Å². The van der Waals surface area contributed by atoms with E-state index in [0.717, 1.165) is 12.8 Å². The smallest absolute Gasteiger partial charge is 0.244 e. The zero-order valence-corrected chi connectivity index (χ0v) is 14.4. The van der Waals surface area contributed by atoms with Gasteiger partial charge in [-0.05, 0) is 59.8 Å². The predicted octanol–water partition coefficient (Wildman–Crippen LogP) is 2.85. The first-order valence-corrected chi connectivity index (χ1v) is 9.14. The summed E-state index contributed by atoms with van der Waals surface area (Å²) in [4.78, 5) is 0.257. The molecule has 20 heavy (non-hydrogen) atoms. The highest BCUT2D eigenvalue weighted by atomic mass is 79.9. The van der Waals surface area contributed by atoms with Crippen molar-refractivity contribution in [1.29, 1.82) is 0 Å². The first-order chi connectivity index (χ1) is 9.32. The largest absolute Gasteiger partial charge is 0.328 e.